The Hall–Kier alpha value is -1.98. The fourth-order valence-corrected chi connectivity index (χ4v) is 1.88. The maximum Gasteiger partial charge on any atom is 0.422 e. The van der Waals surface area contributed by atoms with E-state index < -0.39 is 18.8 Å². The zero-order valence-electron chi connectivity index (χ0n) is 11.0. The zero-order valence-corrected chi connectivity index (χ0v) is 11.0. The van der Waals surface area contributed by atoms with Crippen LogP contribution in [-0.4, -0.2) is 18.8 Å². The maximum absolute atomic E-state index is 11.9. The van der Waals surface area contributed by atoms with Gasteiger partial charge in [-0.3, -0.25) is 4.79 Å². The number of alkyl halides is 3. The Labute approximate surface area is 113 Å². The van der Waals surface area contributed by atoms with Crippen LogP contribution in [-0.2, 0) is 16.0 Å². The minimum atomic E-state index is -4.50. The van der Waals surface area contributed by atoms with Gasteiger partial charge >= 0.3 is 12.1 Å². The van der Waals surface area contributed by atoms with Gasteiger partial charge in [-0.1, -0.05) is 6.07 Å². The molecule has 0 aliphatic heterocycles. The second-order valence-corrected chi connectivity index (χ2v) is 4.57. The summed E-state index contributed by atoms with van der Waals surface area (Å²) in [6.07, 6.45) is -4.70. The third-order valence-corrected chi connectivity index (χ3v) is 2.98. The van der Waals surface area contributed by atoms with Gasteiger partial charge in [0.1, 0.15) is 11.3 Å². The number of carbonyl (C=O) groups is 1. The summed E-state index contributed by atoms with van der Waals surface area (Å²) in [5.41, 5.74) is 2.23. The highest BCUT2D eigenvalue weighted by Crippen LogP contribution is 2.25. The molecule has 2 rings (SSSR count). The standard InChI is InChI=1S/C14H13F3O3/c1-8-9(2)20-12-4-3-10(5-11(8)12)6-13(18)19-7-14(15,16)17/h3-5H,6-7H2,1-2H3. The van der Waals surface area contributed by atoms with Gasteiger partial charge in [-0.05, 0) is 37.1 Å². The Bertz CT molecular complexity index is 641. The van der Waals surface area contributed by atoms with Crippen molar-refractivity contribution in [2.75, 3.05) is 6.61 Å². The molecule has 0 aliphatic rings. The number of benzene rings is 1. The summed E-state index contributed by atoms with van der Waals surface area (Å²) in [6, 6.07) is 5.07. The monoisotopic (exact) mass is 286 g/mol. The second-order valence-electron chi connectivity index (χ2n) is 4.57. The number of aryl methyl sites for hydroxylation is 2. The largest absolute Gasteiger partial charge is 0.461 e. The Kier molecular flexibility index (Phi) is 3.74. The van der Waals surface area contributed by atoms with Crippen LogP contribution in [0.3, 0.4) is 0 Å². The summed E-state index contributed by atoms with van der Waals surface area (Å²) in [4.78, 5) is 11.3. The van der Waals surface area contributed by atoms with E-state index in [9.17, 15) is 18.0 Å². The minimum Gasteiger partial charge on any atom is -0.461 e. The molecule has 0 atom stereocenters. The van der Waals surface area contributed by atoms with Crippen LogP contribution in [0.5, 0.6) is 0 Å². The van der Waals surface area contributed by atoms with E-state index in [2.05, 4.69) is 4.74 Å². The average molecular weight is 286 g/mol. The first kappa shape index (κ1) is 14.4. The van der Waals surface area contributed by atoms with Crippen molar-refractivity contribution >= 4 is 16.9 Å². The van der Waals surface area contributed by atoms with Crippen LogP contribution in [0, 0.1) is 13.8 Å². The van der Waals surface area contributed by atoms with Crippen LogP contribution in [0.15, 0.2) is 22.6 Å². The van der Waals surface area contributed by atoms with Crippen LogP contribution in [0.1, 0.15) is 16.9 Å². The lowest BCUT2D eigenvalue weighted by molar-refractivity contribution is -0.185. The number of rotatable bonds is 3. The molecule has 0 amide bonds. The highest BCUT2D eigenvalue weighted by atomic mass is 19.4. The number of halogens is 3. The van der Waals surface area contributed by atoms with Crippen molar-refractivity contribution in [3.05, 3.63) is 35.1 Å². The molecule has 0 unspecified atom stereocenters. The number of ether oxygens (including phenoxy) is 1. The summed E-state index contributed by atoms with van der Waals surface area (Å²) in [5.74, 6) is -0.128. The van der Waals surface area contributed by atoms with E-state index in [1.165, 1.54) is 0 Å². The molecule has 0 spiro atoms. The van der Waals surface area contributed by atoms with Gasteiger partial charge in [-0.25, -0.2) is 0 Å². The predicted molar refractivity (Wildman–Crippen MR) is 66.4 cm³/mol. The molecular formula is C14H13F3O3. The van der Waals surface area contributed by atoms with E-state index in [1.54, 1.807) is 18.2 Å². The smallest absolute Gasteiger partial charge is 0.422 e. The molecule has 0 saturated carbocycles. The number of esters is 1. The third kappa shape index (κ3) is 3.31. The molecule has 3 nitrogen and oxygen atoms in total. The van der Waals surface area contributed by atoms with Crippen LogP contribution >= 0.6 is 0 Å². The van der Waals surface area contributed by atoms with Crippen molar-refractivity contribution in [1.82, 2.24) is 0 Å². The molecule has 0 fully saturated rings. The third-order valence-electron chi connectivity index (χ3n) is 2.98. The van der Waals surface area contributed by atoms with Gasteiger partial charge in [0, 0.05) is 5.39 Å². The van der Waals surface area contributed by atoms with E-state index in [0.29, 0.717) is 11.1 Å². The molecule has 2 aromatic rings. The quantitative estimate of drug-likeness (QED) is 0.808. The van der Waals surface area contributed by atoms with Crippen LogP contribution in [0.2, 0.25) is 0 Å². The van der Waals surface area contributed by atoms with E-state index in [-0.39, 0.29) is 6.42 Å². The van der Waals surface area contributed by atoms with Crippen molar-refractivity contribution < 1.29 is 27.1 Å². The predicted octanol–water partition coefficient (Wildman–Crippen LogP) is 3.70. The topological polar surface area (TPSA) is 39.4 Å². The molecule has 1 aromatic carbocycles. The highest BCUT2D eigenvalue weighted by Gasteiger charge is 2.29. The molecule has 0 aliphatic carbocycles. The summed E-state index contributed by atoms with van der Waals surface area (Å²) in [5, 5.41) is 0.851. The second kappa shape index (κ2) is 5.19. The van der Waals surface area contributed by atoms with Gasteiger partial charge in [-0.2, -0.15) is 13.2 Å². The zero-order chi connectivity index (χ0) is 14.9. The minimum absolute atomic E-state index is 0.199. The van der Waals surface area contributed by atoms with Gasteiger partial charge in [0.15, 0.2) is 6.61 Å². The first-order chi connectivity index (χ1) is 9.26. The van der Waals surface area contributed by atoms with E-state index in [0.717, 1.165) is 16.7 Å². The molecular weight excluding hydrogens is 273 g/mol. The molecule has 1 aromatic heterocycles. The average Bonchev–Trinajstić information content (AvgIpc) is 2.63. The Balaban J connectivity index is 2.10. The number of furan rings is 1. The molecule has 20 heavy (non-hydrogen) atoms. The molecule has 0 bridgehead atoms. The van der Waals surface area contributed by atoms with Gasteiger partial charge in [-0.15, -0.1) is 0 Å². The van der Waals surface area contributed by atoms with Crippen molar-refractivity contribution in [2.45, 2.75) is 26.4 Å². The van der Waals surface area contributed by atoms with Crippen molar-refractivity contribution in [2.24, 2.45) is 0 Å². The molecule has 6 heteroatoms. The lowest BCUT2D eigenvalue weighted by Gasteiger charge is -2.07. The first-order valence-electron chi connectivity index (χ1n) is 5.97. The summed E-state index contributed by atoms with van der Waals surface area (Å²) < 4.78 is 45.4. The molecule has 108 valence electrons. The van der Waals surface area contributed by atoms with E-state index in [1.807, 2.05) is 13.8 Å². The Morgan fingerprint density at radius 2 is 2.00 bits per heavy atom. The fraction of sp³-hybridized carbons (Fsp3) is 0.357. The SMILES string of the molecule is Cc1oc2ccc(CC(=O)OCC(F)(F)F)cc2c1C. The maximum atomic E-state index is 11.9. The van der Waals surface area contributed by atoms with Crippen molar-refractivity contribution in [1.29, 1.82) is 0 Å². The van der Waals surface area contributed by atoms with E-state index in [4.69, 9.17) is 4.42 Å². The lowest BCUT2D eigenvalue weighted by atomic mass is 10.1. The number of hydrogen-bond acceptors (Lipinski definition) is 3. The van der Waals surface area contributed by atoms with Crippen LogP contribution in [0.25, 0.3) is 11.0 Å². The fourth-order valence-electron chi connectivity index (χ4n) is 1.88. The van der Waals surface area contributed by atoms with Gasteiger partial charge in [0.25, 0.3) is 0 Å². The van der Waals surface area contributed by atoms with Crippen molar-refractivity contribution in [3.63, 3.8) is 0 Å². The molecule has 0 radical (unpaired) electrons. The molecule has 0 N–H and O–H groups in total. The van der Waals surface area contributed by atoms with Gasteiger partial charge in [0.2, 0.25) is 0 Å². The first-order valence-corrected chi connectivity index (χ1v) is 5.97. The number of hydrogen-bond donors (Lipinski definition) is 0. The molecule has 0 saturated heterocycles. The number of carbonyl (C=O) groups excluding carboxylic acids is 1. The lowest BCUT2D eigenvalue weighted by Crippen LogP contribution is -2.21. The van der Waals surface area contributed by atoms with Gasteiger partial charge in [0.05, 0.1) is 6.42 Å². The molecule has 1 heterocycles. The summed E-state index contributed by atoms with van der Waals surface area (Å²) in [7, 11) is 0. The van der Waals surface area contributed by atoms with Crippen LogP contribution < -0.4 is 0 Å². The summed E-state index contributed by atoms with van der Waals surface area (Å²) >= 11 is 0. The highest BCUT2D eigenvalue weighted by molar-refractivity contribution is 5.84. The Morgan fingerprint density at radius 1 is 1.30 bits per heavy atom. The number of fused-ring (bicyclic) bond motifs is 1. The van der Waals surface area contributed by atoms with E-state index >= 15 is 0 Å². The van der Waals surface area contributed by atoms with Crippen LogP contribution in [0.4, 0.5) is 13.2 Å². The normalized spacial score (nSPS) is 11.8. The Morgan fingerprint density at radius 3 is 2.65 bits per heavy atom. The summed E-state index contributed by atoms with van der Waals surface area (Å²) in [6.45, 7) is 2.15. The van der Waals surface area contributed by atoms with Gasteiger partial charge < -0.3 is 9.15 Å². The van der Waals surface area contributed by atoms with Crippen molar-refractivity contribution in [3.8, 4) is 0 Å².